The van der Waals surface area contributed by atoms with E-state index < -0.39 is 16.8 Å². The number of aryl methyl sites for hydroxylation is 1. The number of hydrogen-bond acceptors (Lipinski definition) is 4. The van der Waals surface area contributed by atoms with Crippen molar-refractivity contribution in [3.63, 3.8) is 0 Å². The largest absolute Gasteiger partial charge is 0.350 e. The third kappa shape index (κ3) is 4.71. The summed E-state index contributed by atoms with van der Waals surface area (Å²) in [5.74, 6) is -0.397. The van der Waals surface area contributed by atoms with Crippen LogP contribution < -0.4 is 10.6 Å². The molecule has 3 atom stereocenters. The maximum Gasteiger partial charge on any atom is 0.256 e. The van der Waals surface area contributed by atoms with Crippen LogP contribution in [0.3, 0.4) is 0 Å². The molecule has 0 radical (unpaired) electrons. The lowest BCUT2D eigenvalue weighted by Gasteiger charge is -2.31. The number of nitrogens with zero attached hydrogens (tertiary/aromatic N) is 1. The Balaban J connectivity index is 1.50. The van der Waals surface area contributed by atoms with Crippen molar-refractivity contribution in [3.05, 3.63) is 70.8 Å². The predicted molar refractivity (Wildman–Crippen MR) is 135 cm³/mol. The molecule has 0 aliphatic carbocycles. The molecule has 2 heterocycles. The normalized spacial score (nSPS) is 21.2. The van der Waals surface area contributed by atoms with Crippen molar-refractivity contribution in [3.8, 4) is 0 Å². The van der Waals surface area contributed by atoms with Crippen LogP contribution in [0, 0.1) is 12.8 Å². The molecule has 2 aromatic carbocycles. The van der Waals surface area contributed by atoms with E-state index >= 15 is 0 Å². The van der Waals surface area contributed by atoms with Crippen LogP contribution >= 0.6 is 11.8 Å². The number of rotatable bonds is 7. The molecule has 2 N–H and O–H groups in total. The molecule has 0 unspecified atom stereocenters. The molecule has 1 saturated heterocycles. The molecule has 2 aromatic rings. The van der Waals surface area contributed by atoms with Gasteiger partial charge in [-0.1, -0.05) is 61.9 Å². The minimum atomic E-state index is -0.669. The summed E-state index contributed by atoms with van der Waals surface area (Å²) in [5.41, 5.74) is 3.78. The molecule has 180 valence electrons. The number of nitrogens with one attached hydrogen (secondary N) is 2. The molecule has 0 aromatic heterocycles. The number of thioether (sulfide) groups is 1. The zero-order chi connectivity index (χ0) is 24.6. The van der Waals surface area contributed by atoms with Gasteiger partial charge in [-0.25, -0.2) is 0 Å². The number of benzene rings is 2. The highest BCUT2D eigenvalue weighted by Gasteiger charge is 2.57. The van der Waals surface area contributed by atoms with Crippen molar-refractivity contribution in [2.45, 2.75) is 69.8 Å². The lowest BCUT2D eigenvalue weighted by Crippen LogP contribution is -2.57. The van der Waals surface area contributed by atoms with E-state index in [0.29, 0.717) is 18.5 Å². The third-order valence-corrected chi connectivity index (χ3v) is 8.01. The monoisotopic (exact) mass is 479 g/mol. The van der Waals surface area contributed by atoms with Crippen LogP contribution in [-0.2, 0) is 16.1 Å². The van der Waals surface area contributed by atoms with Gasteiger partial charge in [-0.2, -0.15) is 0 Å². The molecule has 1 fully saturated rings. The Morgan fingerprint density at radius 1 is 1.09 bits per heavy atom. The minimum Gasteiger partial charge on any atom is -0.350 e. The Morgan fingerprint density at radius 3 is 2.44 bits per heavy atom. The van der Waals surface area contributed by atoms with Crippen LogP contribution in [0.4, 0.5) is 0 Å². The van der Waals surface area contributed by atoms with Crippen LogP contribution in [0.2, 0.25) is 0 Å². The fourth-order valence-corrected chi connectivity index (χ4v) is 6.36. The smallest absolute Gasteiger partial charge is 0.256 e. The Bertz CT molecular complexity index is 1100. The van der Waals surface area contributed by atoms with Crippen molar-refractivity contribution < 1.29 is 14.4 Å². The Morgan fingerprint density at radius 2 is 1.76 bits per heavy atom. The molecular weight excluding hydrogens is 446 g/mol. The standard InChI is InChI=1S/C27H33N3O3S/c1-16(2)14-21(23(31)28-15-18-12-10-17(3)11-13-18)29-24(32)22-27(4,5)34-26-20-9-7-6-8-19(20)25(33)30(22)26/h6-13,16,21-22,26H,14-15H2,1-5H3,(H,28,31)(H,29,32)/t21-,22-,26-/m0/s1. The number of amides is 3. The summed E-state index contributed by atoms with van der Waals surface area (Å²) in [6, 6.07) is 14.2. The van der Waals surface area contributed by atoms with Crippen LogP contribution in [0.5, 0.6) is 0 Å². The van der Waals surface area contributed by atoms with Crippen molar-refractivity contribution in [2.24, 2.45) is 5.92 Å². The summed E-state index contributed by atoms with van der Waals surface area (Å²) in [7, 11) is 0. The molecule has 3 amide bonds. The first-order valence-electron chi connectivity index (χ1n) is 11.8. The lowest BCUT2D eigenvalue weighted by atomic mass is 9.98. The van der Waals surface area contributed by atoms with Crippen molar-refractivity contribution in [1.29, 1.82) is 0 Å². The Kier molecular flexibility index (Phi) is 6.76. The quantitative estimate of drug-likeness (QED) is 0.624. The van der Waals surface area contributed by atoms with Gasteiger partial charge < -0.3 is 15.5 Å². The highest BCUT2D eigenvalue weighted by Crippen LogP contribution is 2.56. The Hall–Kier alpha value is -2.80. The summed E-state index contributed by atoms with van der Waals surface area (Å²) < 4.78 is -0.487. The van der Waals surface area contributed by atoms with Gasteiger partial charge in [-0.05, 0) is 50.3 Å². The molecule has 6 nitrogen and oxygen atoms in total. The second kappa shape index (κ2) is 9.45. The first kappa shape index (κ1) is 24.3. The molecule has 7 heteroatoms. The van der Waals surface area contributed by atoms with Crippen molar-refractivity contribution in [1.82, 2.24) is 15.5 Å². The maximum absolute atomic E-state index is 13.6. The first-order valence-corrected chi connectivity index (χ1v) is 12.7. The molecule has 4 rings (SSSR count). The number of carbonyl (C=O) groups is 3. The van der Waals surface area contributed by atoms with E-state index in [4.69, 9.17) is 0 Å². The van der Waals surface area contributed by atoms with Gasteiger partial charge in [0.15, 0.2) is 0 Å². The minimum absolute atomic E-state index is 0.122. The molecule has 0 saturated carbocycles. The van der Waals surface area contributed by atoms with Crippen molar-refractivity contribution in [2.75, 3.05) is 0 Å². The second-order valence-electron chi connectivity index (χ2n) is 10.2. The maximum atomic E-state index is 13.6. The van der Waals surface area contributed by atoms with E-state index in [1.807, 2.05) is 83.1 Å². The molecule has 0 spiro atoms. The summed E-state index contributed by atoms with van der Waals surface area (Å²) in [6.07, 6.45) is 0.517. The average molecular weight is 480 g/mol. The van der Waals surface area contributed by atoms with Gasteiger partial charge in [0, 0.05) is 16.9 Å². The van der Waals surface area contributed by atoms with E-state index in [-0.39, 0.29) is 29.0 Å². The molecule has 34 heavy (non-hydrogen) atoms. The van der Waals surface area contributed by atoms with E-state index in [1.54, 1.807) is 16.7 Å². The molecule has 2 aliphatic heterocycles. The zero-order valence-electron chi connectivity index (χ0n) is 20.4. The zero-order valence-corrected chi connectivity index (χ0v) is 21.2. The van der Waals surface area contributed by atoms with E-state index in [2.05, 4.69) is 10.6 Å². The summed E-state index contributed by atoms with van der Waals surface area (Å²) in [4.78, 5) is 41.6. The predicted octanol–water partition coefficient (Wildman–Crippen LogP) is 4.19. The molecular formula is C27H33N3O3S. The number of carbonyl (C=O) groups excluding carboxylic acids is 3. The van der Waals surface area contributed by atoms with Crippen LogP contribution in [0.25, 0.3) is 0 Å². The van der Waals surface area contributed by atoms with Gasteiger partial charge in [-0.3, -0.25) is 14.4 Å². The summed E-state index contributed by atoms with van der Waals surface area (Å²) in [5, 5.41) is 5.78. The van der Waals surface area contributed by atoms with Gasteiger partial charge in [0.05, 0.1) is 0 Å². The fraction of sp³-hybridized carbons (Fsp3) is 0.444. The van der Waals surface area contributed by atoms with Crippen molar-refractivity contribution >= 4 is 29.5 Å². The number of fused-ring (bicyclic) bond motifs is 3. The van der Waals surface area contributed by atoms with Crippen LogP contribution in [0.1, 0.15) is 66.5 Å². The molecule has 2 aliphatic rings. The Labute approximate surface area is 205 Å². The summed E-state index contributed by atoms with van der Waals surface area (Å²) in [6.45, 7) is 10.5. The van der Waals surface area contributed by atoms with Gasteiger partial charge in [-0.15, -0.1) is 11.8 Å². The van der Waals surface area contributed by atoms with E-state index in [1.165, 1.54) is 0 Å². The fourth-order valence-electron chi connectivity index (χ4n) is 4.78. The van der Waals surface area contributed by atoms with Crippen LogP contribution in [-0.4, -0.2) is 39.5 Å². The van der Waals surface area contributed by atoms with Gasteiger partial charge >= 0.3 is 0 Å². The van der Waals surface area contributed by atoms with Gasteiger partial charge in [0.1, 0.15) is 17.5 Å². The van der Waals surface area contributed by atoms with E-state index in [0.717, 1.165) is 16.7 Å². The average Bonchev–Trinajstić information content (AvgIpc) is 3.21. The topological polar surface area (TPSA) is 78.5 Å². The van der Waals surface area contributed by atoms with Crippen LogP contribution in [0.15, 0.2) is 48.5 Å². The summed E-state index contributed by atoms with van der Waals surface area (Å²) >= 11 is 1.62. The van der Waals surface area contributed by atoms with Gasteiger partial charge in [0.25, 0.3) is 5.91 Å². The molecule has 0 bridgehead atoms. The lowest BCUT2D eigenvalue weighted by molar-refractivity contribution is -0.132. The highest BCUT2D eigenvalue weighted by atomic mass is 32.2. The second-order valence-corrected chi connectivity index (χ2v) is 11.9. The number of hydrogen-bond donors (Lipinski definition) is 2. The third-order valence-electron chi connectivity index (χ3n) is 6.47. The highest BCUT2D eigenvalue weighted by molar-refractivity contribution is 8.01. The first-order chi connectivity index (χ1) is 16.1. The van der Waals surface area contributed by atoms with E-state index in [9.17, 15) is 14.4 Å². The van der Waals surface area contributed by atoms with Gasteiger partial charge in [0.2, 0.25) is 11.8 Å². The SMILES string of the molecule is Cc1ccc(CNC(=O)[C@H](CC(C)C)NC(=O)[C@@H]2N3C(=O)c4ccccc4[C@@H]3SC2(C)C)cc1.